The van der Waals surface area contributed by atoms with Crippen molar-refractivity contribution in [2.24, 2.45) is 0 Å². The fourth-order valence-electron chi connectivity index (χ4n) is 3.33. The summed E-state index contributed by atoms with van der Waals surface area (Å²) in [5, 5.41) is 16.2. The van der Waals surface area contributed by atoms with Gasteiger partial charge in [-0.2, -0.15) is 0 Å². The fourth-order valence-corrected chi connectivity index (χ4v) is 5.83. The number of hydrogen-bond donors (Lipinski definition) is 1. The van der Waals surface area contributed by atoms with Crippen molar-refractivity contribution in [3.63, 3.8) is 0 Å². The lowest BCUT2D eigenvalue weighted by Crippen LogP contribution is -2.16. The van der Waals surface area contributed by atoms with Gasteiger partial charge in [-0.1, -0.05) is 30.0 Å². The molecule has 11 heteroatoms. The van der Waals surface area contributed by atoms with Gasteiger partial charge in [-0.05, 0) is 36.1 Å². The average molecular weight is 517 g/mol. The van der Waals surface area contributed by atoms with Gasteiger partial charge in [-0.25, -0.2) is 9.18 Å². The summed E-state index contributed by atoms with van der Waals surface area (Å²) in [7, 11) is 1.28. The molecule has 34 heavy (non-hydrogen) atoms. The maximum absolute atomic E-state index is 13.3. The molecule has 3 heterocycles. The van der Waals surface area contributed by atoms with E-state index in [9.17, 15) is 14.0 Å². The molecule has 0 bridgehead atoms. The smallest absolute Gasteiger partial charge is 0.341 e. The van der Waals surface area contributed by atoms with Gasteiger partial charge < -0.3 is 14.6 Å². The zero-order valence-corrected chi connectivity index (χ0v) is 20.9. The molecule has 3 aromatic heterocycles. The van der Waals surface area contributed by atoms with E-state index in [0.29, 0.717) is 34.2 Å². The van der Waals surface area contributed by atoms with Crippen molar-refractivity contribution in [1.29, 1.82) is 0 Å². The predicted molar refractivity (Wildman–Crippen MR) is 133 cm³/mol. The summed E-state index contributed by atoms with van der Waals surface area (Å²) in [6.07, 6.45) is 0.690. The van der Waals surface area contributed by atoms with Gasteiger partial charge in [0.1, 0.15) is 22.2 Å². The molecule has 7 nitrogen and oxygen atoms in total. The molecule has 4 aromatic rings. The molecular formula is C23H21FN4O3S3. The summed E-state index contributed by atoms with van der Waals surface area (Å²) in [6, 6.07) is 9.85. The monoisotopic (exact) mass is 516 g/mol. The Hall–Kier alpha value is -3.02. The number of nitrogens with zero attached hydrogens (tertiary/aromatic N) is 3. The minimum Gasteiger partial charge on any atom is -0.465 e. The van der Waals surface area contributed by atoms with E-state index in [4.69, 9.17) is 4.74 Å². The molecule has 0 fully saturated rings. The van der Waals surface area contributed by atoms with E-state index in [1.165, 1.54) is 47.2 Å². The predicted octanol–water partition coefficient (Wildman–Crippen LogP) is 5.34. The zero-order valence-electron chi connectivity index (χ0n) is 18.4. The van der Waals surface area contributed by atoms with Crippen LogP contribution in [0.15, 0.2) is 52.3 Å². The van der Waals surface area contributed by atoms with E-state index in [1.54, 1.807) is 28.8 Å². The molecule has 1 aromatic carbocycles. The molecule has 0 saturated carbocycles. The number of carbonyl (C=O) groups is 2. The van der Waals surface area contributed by atoms with Crippen molar-refractivity contribution in [3.05, 3.63) is 69.2 Å². The second-order valence-electron chi connectivity index (χ2n) is 7.09. The van der Waals surface area contributed by atoms with Crippen LogP contribution in [-0.4, -0.2) is 39.5 Å². The van der Waals surface area contributed by atoms with Gasteiger partial charge in [0, 0.05) is 28.8 Å². The number of benzene rings is 1. The molecule has 0 unspecified atom stereocenters. The molecule has 1 amide bonds. The van der Waals surface area contributed by atoms with E-state index in [0.717, 1.165) is 5.82 Å². The Morgan fingerprint density at radius 2 is 1.97 bits per heavy atom. The molecule has 0 aliphatic carbocycles. The Morgan fingerprint density at radius 3 is 2.65 bits per heavy atom. The molecule has 0 saturated heterocycles. The van der Waals surface area contributed by atoms with Crippen molar-refractivity contribution in [2.45, 2.75) is 25.0 Å². The van der Waals surface area contributed by atoms with Crippen molar-refractivity contribution in [3.8, 4) is 11.1 Å². The number of esters is 1. The van der Waals surface area contributed by atoms with Crippen LogP contribution in [0.4, 0.5) is 9.39 Å². The number of nitrogens with one attached hydrogen (secondary N) is 1. The minimum absolute atomic E-state index is 0.0987. The number of carbonyl (C=O) groups excluding carboxylic acids is 2. The highest BCUT2D eigenvalue weighted by atomic mass is 32.2. The third-order valence-electron chi connectivity index (χ3n) is 4.94. The summed E-state index contributed by atoms with van der Waals surface area (Å²) in [5.74, 6) is -0.284. The summed E-state index contributed by atoms with van der Waals surface area (Å²) in [6.45, 7) is 2.70. The van der Waals surface area contributed by atoms with E-state index in [-0.39, 0.29) is 23.0 Å². The number of rotatable bonds is 9. The third-order valence-corrected chi connectivity index (χ3v) is 7.68. The van der Waals surface area contributed by atoms with Crippen molar-refractivity contribution < 1.29 is 18.7 Å². The Morgan fingerprint density at radius 1 is 1.18 bits per heavy atom. The lowest BCUT2D eigenvalue weighted by molar-refractivity contribution is -0.113. The van der Waals surface area contributed by atoms with E-state index < -0.39 is 5.97 Å². The summed E-state index contributed by atoms with van der Waals surface area (Å²) in [4.78, 5) is 26.4. The Bertz CT molecular complexity index is 1280. The number of thiophene rings is 2. The van der Waals surface area contributed by atoms with E-state index in [2.05, 4.69) is 21.6 Å². The molecule has 0 spiro atoms. The summed E-state index contributed by atoms with van der Waals surface area (Å²) < 4.78 is 20.2. The second kappa shape index (κ2) is 10.9. The number of aromatic nitrogens is 3. The molecule has 0 aliphatic heterocycles. The summed E-state index contributed by atoms with van der Waals surface area (Å²) in [5.41, 5.74) is 1.47. The van der Waals surface area contributed by atoms with Gasteiger partial charge in [0.2, 0.25) is 5.91 Å². The van der Waals surface area contributed by atoms with Gasteiger partial charge >= 0.3 is 5.97 Å². The SMILES string of the molecule is CCn1c(Cc2cccs2)nnc1SCC(=O)Nc1scc(-c2ccc(F)cc2)c1C(=O)OC. The van der Waals surface area contributed by atoms with Crippen LogP contribution < -0.4 is 5.32 Å². The largest absolute Gasteiger partial charge is 0.465 e. The van der Waals surface area contributed by atoms with Gasteiger partial charge in [-0.3, -0.25) is 4.79 Å². The van der Waals surface area contributed by atoms with Crippen molar-refractivity contribution >= 4 is 51.3 Å². The topological polar surface area (TPSA) is 86.1 Å². The normalized spacial score (nSPS) is 10.9. The highest BCUT2D eigenvalue weighted by Gasteiger charge is 2.23. The Labute approximate surface area is 208 Å². The first kappa shape index (κ1) is 24.1. The molecule has 176 valence electrons. The Balaban J connectivity index is 1.47. The Kier molecular flexibility index (Phi) is 7.76. The van der Waals surface area contributed by atoms with Crippen LogP contribution in [-0.2, 0) is 22.5 Å². The zero-order chi connectivity index (χ0) is 24.1. The number of hydrogen-bond acceptors (Lipinski definition) is 8. The first-order chi connectivity index (χ1) is 16.5. The maximum Gasteiger partial charge on any atom is 0.341 e. The van der Waals surface area contributed by atoms with Crippen LogP contribution in [0.25, 0.3) is 11.1 Å². The average Bonchev–Trinajstić information content (AvgIpc) is 3.58. The van der Waals surface area contributed by atoms with Gasteiger partial charge in [0.15, 0.2) is 5.16 Å². The standard InChI is InChI=1S/C23H21FN4O3S3/c1-3-28-18(11-16-5-4-10-32-16)26-27-23(28)34-13-19(29)25-21-20(22(30)31-2)17(12-33-21)14-6-8-15(24)9-7-14/h4-10,12H,3,11,13H2,1-2H3,(H,25,29). The highest BCUT2D eigenvalue weighted by molar-refractivity contribution is 7.99. The molecular weight excluding hydrogens is 495 g/mol. The van der Waals surface area contributed by atoms with E-state index in [1.807, 2.05) is 22.9 Å². The maximum atomic E-state index is 13.3. The van der Waals surface area contributed by atoms with Gasteiger partial charge in [0.25, 0.3) is 0 Å². The van der Waals surface area contributed by atoms with Gasteiger partial charge in [0.05, 0.1) is 12.9 Å². The van der Waals surface area contributed by atoms with Crippen molar-refractivity contribution in [2.75, 3.05) is 18.2 Å². The number of amides is 1. The lowest BCUT2D eigenvalue weighted by Gasteiger charge is -2.09. The number of halogens is 1. The van der Waals surface area contributed by atoms with Crippen LogP contribution in [0.5, 0.6) is 0 Å². The molecule has 0 atom stereocenters. The molecule has 1 N–H and O–H groups in total. The molecule has 0 aliphatic rings. The first-order valence-electron chi connectivity index (χ1n) is 10.3. The van der Waals surface area contributed by atoms with E-state index >= 15 is 0 Å². The fraction of sp³-hybridized carbons (Fsp3) is 0.217. The number of anilines is 1. The van der Waals surface area contributed by atoms with Crippen LogP contribution in [0.1, 0.15) is 28.0 Å². The quantitative estimate of drug-likeness (QED) is 0.239. The minimum atomic E-state index is -0.576. The number of ether oxygens (including phenoxy) is 1. The number of methoxy groups -OCH3 is 1. The van der Waals surface area contributed by atoms with Crippen molar-refractivity contribution in [1.82, 2.24) is 14.8 Å². The number of thioether (sulfide) groups is 1. The van der Waals surface area contributed by atoms with Crippen LogP contribution in [0.3, 0.4) is 0 Å². The molecule has 4 rings (SSSR count). The third kappa shape index (κ3) is 5.37. The first-order valence-corrected chi connectivity index (χ1v) is 13.1. The molecule has 0 radical (unpaired) electrons. The van der Waals surface area contributed by atoms with Crippen LogP contribution in [0.2, 0.25) is 0 Å². The van der Waals surface area contributed by atoms with Crippen LogP contribution in [0, 0.1) is 5.82 Å². The second-order valence-corrected chi connectivity index (χ2v) is 9.94. The lowest BCUT2D eigenvalue weighted by atomic mass is 10.0. The van der Waals surface area contributed by atoms with Gasteiger partial charge in [-0.15, -0.1) is 32.9 Å². The van der Waals surface area contributed by atoms with Crippen LogP contribution >= 0.6 is 34.4 Å². The summed E-state index contributed by atoms with van der Waals surface area (Å²) >= 11 is 4.16. The highest BCUT2D eigenvalue weighted by Crippen LogP contribution is 2.36.